The van der Waals surface area contributed by atoms with E-state index < -0.39 is 69.7 Å². The minimum atomic E-state index is -1.50. The van der Waals surface area contributed by atoms with Crippen molar-refractivity contribution < 1.29 is 32.3 Å². The van der Waals surface area contributed by atoms with E-state index in [2.05, 4.69) is 0 Å². The van der Waals surface area contributed by atoms with E-state index in [-0.39, 0.29) is 33.7 Å². The predicted molar refractivity (Wildman–Crippen MR) is 135 cm³/mol. The third-order valence-electron chi connectivity index (χ3n) is 7.31. The highest BCUT2D eigenvalue weighted by Gasteiger charge is 2.38. The van der Waals surface area contributed by atoms with Crippen molar-refractivity contribution in [3.05, 3.63) is 116 Å². The molecule has 5 rings (SSSR count). The van der Waals surface area contributed by atoms with Crippen molar-refractivity contribution >= 4 is 22.6 Å². The summed E-state index contributed by atoms with van der Waals surface area (Å²) in [5, 5.41) is 9.44. The van der Waals surface area contributed by atoms with Gasteiger partial charge in [0.2, 0.25) is 0 Å². The summed E-state index contributed by atoms with van der Waals surface area (Å²) in [5.74, 6) is -7.26. The Kier molecular flexibility index (Phi) is 6.49. The zero-order valence-electron chi connectivity index (χ0n) is 20.6. The summed E-state index contributed by atoms with van der Waals surface area (Å²) < 4.78 is 59.8. The van der Waals surface area contributed by atoms with E-state index in [1.165, 1.54) is 25.1 Å². The van der Waals surface area contributed by atoms with Crippen LogP contribution in [0.4, 0.5) is 17.6 Å². The lowest BCUT2D eigenvalue weighted by atomic mass is 9.81. The van der Waals surface area contributed by atoms with Crippen LogP contribution in [0.2, 0.25) is 0 Å². The Hall–Kier alpha value is -4.47. The van der Waals surface area contributed by atoms with Crippen LogP contribution >= 0.6 is 0 Å². The summed E-state index contributed by atoms with van der Waals surface area (Å²) in [4.78, 5) is 38.5. The quantitative estimate of drug-likeness (QED) is 0.314. The van der Waals surface area contributed by atoms with Gasteiger partial charge < -0.3 is 15.4 Å². The fourth-order valence-electron chi connectivity index (χ4n) is 5.39. The number of pyridine rings is 1. The molecule has 4 aromatic rings. The molecule has 0 radical (unpaired) electrons. The van der Waals surface area contributed by atoms with Crippen molar-refractivity contribution in [1.82, 2.24) is 4.57 Å². The molecule has 0 bridgehead atoms. The standard InChI is InChI=1S/C29H22F4N2O4/c1-13-22(29(38)39)25-16(23(14-8-9-14)15-4-2-7-20(32)24(15)27(34)36)10-11-21(33)26(25)28(37)35(13)12-17-18(30)5-3-6-19(17)31/h2-7,10-11,14,23H,8-9,12H2,1H3,(H2,34,36)(H,38,39)/t23-/m1/s1. The molecule has 39 heavy (non-hydrogen) atoms. The summed E-state index contributed by atoms with van der Waals surface area (Å²) in [6.45, 7) is 0.617. The van der Waals surface area contributed by atoms with Crippen LogP contribution in [0.1, 0.15) is 61.9 Å². The van der Waals surface area contributed by atoms with Crippen molar-refractivity contribution in [2.24, 2.45) is 11.7 Å². The number of carbonyl (C=O) groups is 2. The van der Waals surface area contributed by atoms with Gasteiger partial charge in [-0.3, -0.25) is 9.59 Å². The Morgan fingerprint density at radius 1 is 0.897 bits per heavy atom. The van der Waals surface area contributed by atoms with Gasteiger partial charge in [-0.1, -0.05) is 24.3 Å². The highest BCUT2D eigenvalue weighted by atomic mass is 19.1. The number of nitrogens with two attached hydrogens (primary N) is 1. The van der Waals surface area contributed by atoms with E-state index in [1.54, 1.807) is 0 Å². The second-order valence-corrected chi connectivity index (χ2v) is 9.63. The number of hydrogen-bond donors (Lipinski definition) is 2. The van der Waals surface area contributed by atoms with Gasteiger partial charge in [-0.15, -0.1) is 0 Å². The van der Waals surface area contributed by atoms with Crippen LogP contribution in [0.5, 0.6) is 0 Å². The number of aromatic carboxylic acids is 1. The first-order valence-electron chi connectivity index (χ1n) is 12.1. The average Bonchev–Trinajstić information content (AvgIpc) is 3.69. The average molecular weight is 538 g/mol. The fraction of sp³-hybridized carbons (Fsp3) is 0.207. The number of carboxylic acid groups (broad SMARTS) is 1. The SMILES string of the molecule is Cc1c(C(=O)O)c2c([C@@H](c3cccc(F)c3C(N)=O)C3CC3)ccc(F)c2c(=O)n1Cc1c(F)cccc1F. The molecule has 1 aliphatic rings. The number of primary amides is 1. The molecule has 1 heterocycles. The normalized spacial score (nSPS) is 14.0. The van der Waals surface area contributed by atoms with Gasteiger partial charge in [0.05, 0.1) is 23.1 Å². The topological polar surface area (TPSA) is 102 Å². The number of aromatic nitrogens is 1. The third-order valence-corrected chi connectivity index (χ3v) is 7.31. The maximum atomic E-state index is 15.3. The lowest BCUT2D eigenvalue weighted by molar-refractivity contribution is 0.0696. The molecule has 1 saturated carbocycles. The van der Waals surface area contributed by atoms with E-state index in [0.29, 0.717) is 12.8 Å². The number of fused-ring (bicyclic) bond motifs is 1. The van der Waals surface area contributed by atoms with Crippen LogP contribution in [-0.4, -0.2) is 21.6 Å². The summed E-state index contributed by atoms with van der Waals surface area (Å²) >= 11 is 0. The van der Waals surface area contributed by atoms with Crippen molar-refractivity contribution in [2.45, 2.75) is 32.2 Å². The van der Waals surface area contributed by atoms with Crippen LogP contribution in [0.15, 0.2) is 53.3 Å². The van der Waals surface area contributed by atoms with Gasteiger partial charge in [0, 0.05) is 22.6 Å². The Bertz CT molecular complexity index is 1720. The highest BCUT2D eigenvalue weighted by molar-refractivity contribution is 6.06. The van der Waals surface area contributed by atoms with Crippen LogP contribution in [0.25, 0.3) is 10.8 Å². The number of carboxylic acids is 1. The van der Waals surface area contributed by atoms with Crippen LogP contribution < -0.4 is 11.3 Å². The van der Waals surface area contributed by atoms with Gasteiger partial charge in [0.1, 0.15) is 23.3 Å². The zero-order chi connectivity index (χ0) is 28.2. The zero-order valence-corrected chi connectivity index (χ0v) is 20.6. The van der Waals surface area contributed by atoms with Crippen molar-refractivity contribution in [3.8, 4) is 0 Å². The molecule has 1 amide bonds. The summed E-state index contributed by atoms with van der Waals surface area (Å²) in [6.07, 6.45) is 1.31. The molecular weight excluding hydrogens is 516 g/mol. The van der Waals surface area contributed by atoms with E-state index in [9.17, 15) is 32.7 Å². The highest BCUT2D eigenvalue weighted by Crippen LogP contribution is 2.49. The Morgan fingerprint density at radius 3 is 2.10 bits per heavy atom. The molecular formula is C29H22F4N2O4. The third kappa shape index (κ3) is 4.35. The molecule has 0 saturated heterocycles. The molecule has 1 aliphatic carbocycles. The molecule has 0 aliphatic heterocycles. The minimum absolute atomic E-state index is 0.154. The van der Waals surface area contributed by atoms with E-state index in [1.807, 2.05) is 0 Å². The predicted octanol–water partition coefficient (Wildman–Crippen LogP) is 5.25. The first-order chi connectivity index (χ1) is 18.5. The number of carbonyl (C=O) groups excluding carboxylic acids is 1. The van der Waals surface area contributed by atoms with Crippen LogP contribution in [0.3, 0.4) is 0 Å². The van der Waals surface area contributed by atoms with Crippen LogP contribution in [-0.2, 0) is 6.54 Å². The summed E-state index contributed by atoms with van der Waals surface area (Å²) in [5.41, 5.74) is 3.45. The molecule has 1 fully saturated rings. The molecule has 3 aromatic carbocycles. The lowest BCUT2D eigenvalue weighted by Gasteiger charge is -2.24. The lowest BCUT2D eigenvalue weighted by Crippen LogP contribution is -2.28. The second-order valence-electron chi connectivity index (χ2n) is 9.63. The molecule has 0 unspecified atom stereocenters. The molecule has 6 nitrogen and oxygen atoms in total. The van der Waals surface area contributed by atoms with E-state index in [4.69, 9.17) is 5.73 Å². The summed E-state index contributed by atoms with van der Waals surface area (Å²) in [7, 11) is 0. The Morgan fingerprint density at radius 2 is 1.51 bits per heavy atom. The maximum absolute atomic E-state index is 15.3. The largest absolute Gasteiger partial charge is 0.478 e. The van der Waals surface area contributed by atoms with Gasteiger partial charge in [0.15, 0.2) is 0 Å². The summed E-state index contributed by atoms with van der Waals surface area (Å²) in [6, 6.07) is 9.40. The second kappa shape index (κ2) is 9.68. The molecule has 200 valence electrons. The van der Waals surface area contributed by atoms with E-state index >= 15 is 4.39 Å². The number of benzene rings is 3. The monoisotopic (exact) mass is 538 g/mol. The number of nitrogens with zero attached hydrogens (tertiary/aromatic N) is 1. The number of amides is 1. The molecule has 1 atom stereocenters. The van der Waals surface area contributed by atoms with Crippen molar-refractivity contribution in [3.63, 3.8) is 0 Å². The smallest absolute Gasteiger partial charge is 0.338 e. The molecule has 1 aromatic heterocycles. The van der Waals surface area contributed by atoms with Crippen molar-refractivity contribution in [2.75, 3.05) is 0 Å². The number of halogens is 4. The van der Waals surface area contributed by atoms with Gasteiger partial charge in [-0.25, -0.2) is 22.4 Å². The molecule has 10 heteroatoms. The first-order valence-corrected chi connectivity index (χ1v) is 12.1. The first kappa shape index (κ1) is 26.1. The van der Waals surface area contributed by atoms with Gasteiger partial charge >= 0.3 is 5.97 Å². The Labute approximate surface area is 219 Å². The van der Waals surface area contributed by atoms with Crippen molar-refractivity contribution in [1.29, 1.82) is 0 Å². The van der Waals surface area contributed by atoms with Gasteiger partial charge in [-0.2, -0.15) is 0 Å². The van der Waals surface area contributed by atoms with Gasteiger partial charge in [0.25, 0.3) is 11.5 Å². The Balaban J connectivity index is 1.86. The molecule has 0 spiro atoms. The fourth-order valence-corrected chi connectivity index (χ4v) is 5.39. The van der Waals surface area contributed by atoms with E-state index in [0.717, 1.165) is 34.9 Å². The minimum Gasteiger partial charge on any atom is -0.478 e. The van der Waals surface area contributed by atoms with Gasteiger partial charge in [-0.05, 0) is 61.1 Å². The van der Waals surface area contributed by atoms with Crippen LogP contribution in [0, 0.1) is 36.1 Å². The number of hydrogen-bond acceptors (Lipinski definition) is 3. The molecule has 3 N–H and O–H groups in total. The maximum Gasteiger partial charge on any atom is 0.338 e. The number of rotatable bonds is 7.